The van der Waals surface area contributed by atoms with Gasteiger partial charge in [-0.3, -0.25) is 9.59 Å². The molecule has 0 bridgehead atoms. The summed E-state index contributed by atoms with van der Waals surface area (Å²) in [7, 11) is 0. The number of anilines is 2. The Morgan fingerprint density at radius 2 is 1.94 bits per heavy atom. The maximum absolute atomic E-state index is 12.9. The van der Waals surface area contributed by atoms with E-state index in [9.17, 15) is 9.59 Å². The molecule has 1 aromatic heterocycles. The van der Waals surface area contributed by atoms with E-state index in [0.717, 1.165) is 20.8 Å². The molecule has 0 radical (unpaired) electrons. The Balaban J connectivity index is 1.37. The lowest BCUT2D eigenvalue weighted by Crippen LogP contribution is -2.35. The van der Waals surface area contributed by atoms with Crippen LogP contribution in [0.3, 0.4) is 0 Å². The van der Waals surface area contributed by atoms with Crippen LogP contribution in [0, 0.1) is 6.92 Å². The Morgan fingerprint density at radius 3 is 2.74 bits per heavy atom. The molecule has 2 heterocycles. The third-order valence-corrected chi connectivity index (χ3v) is 6.18. The van der Waals surface area contributed by atoms with Gasteiger partial charge in [0.25, 0.3) is 11.8 Å². The molecule has 3 aromatic carbocycles. The van der Waals surface area contributed by atoms with E-state index in [0.29, 0.717) is 22.7 Å². The number of aryl methyl sites for hydroxylation is 1. The predicted octanol–water partition coefficient (Wildman–Crippen LogP) is 5.24. The van der Waals surface area contributed by atoms with Crippen molar-refractivity contribution in [3.05, 3.63) is 71.8 Å². The van der Waals surface area contributed by atoms with E-state index in [1.807, 2.05) is 30.3 Å². The molecule has 154 valence electrons. The zero-order valence-electron chi connectivity index (χ0n) is 16.9. The molecule has 7 heteroatoms. The highest BCUT2D eigenvalue weighted by Crippen LogP contribution is 2.34. The number of carbonyl (C=O) groups is 2. The lowest BCUT2D eigenvalue weighted by atomic mass is 10.1. The number of benzene rings is 3. The Bertz CT molecular complexity index is 1330. The minimum atomic E-state index is -0.654. The molecular weight excluding hydrogens is 410 g/mol. The lowest BCUT2D eigenvalue weighted by molar-refractivity contribution is -0.122. The SMILES string of the molecule is Cc1ccc2nc(-c3ccc(NC(=O)c4cccc5c4OC(C)C(=O)N5)cc3)sc2c1. The van der Waals surface area contributed by atoms with Gasteiger partial charge in [0.2, 0.25) is 0 Å². The molecular formula is C24H19N3O3S. The molecule has 6 nitrogen and oxygen atoms in total. The van der Waals surface area contributed by atoms with E-state index in [2.05, 4.69) is 29.7 Å². The van der Waals surface area contributed by atoms with Crippen LogP contribution in [-0.2, 0) is 4.79 Å². The van der Waals surface area contributed by atoms with Crippen LogP contribution in [0.5, 0.6) is 5.75 Å². The first-order valence-electron chi connectivity index (χ1n) is 9.87. The number of fused-ring (bicyclic) bond motifs is 2. The Labute approximate surface area is 182 Å². The van der Waals surface area contributed by atoms with Crippen molar-refractivity contribution in [1.29, 1.82) is 0 Å². The van der Waals surface area contributed by atoms with Gasteiger partial charge in [0, 0.05) is 11.3 Å². The fraction of sp³-hybridized carbons (Fsp3) is 0.125. The molecule has 1 unspecified atom stereocenters. The number of carbonyl (C=O) groups excluding carboxylic acids is 2. The van der Waals surface area contributed by atoms with Crippen LogP contribution in [0.15, 0.2) is 60.7 Å². The highest BCUT2D eigenvalue weighted by molar-refractivity contribution is 7.21. The fourth-order valence-corrected chi connectivity index (χ4v) is 4.53. The molecule has 0 saturated heterocycles. The standard InChI is InChI=1S/C24H19N3O3S/c1-13-6-11-18-20(12-13)31-24(27-18)15-7-9-16(10-8-15)25-23(29)17-4-3-5-19-21(17)30-14(2)22(28)26-19/h3-12,14H,1-2H3,(H,25,29)(H,26,28). The van der Waals surface area contributed by atoms with E-state index in [-0.39, 0.29) is 11.8 Å². The number of para-hydroxylation sites is 1. The molecule has 0 aliphatic carbocycles. The molecule has 1 aliphatic rings. The molecule has 0 fully saturated rings. The van der Waals surface area contributed by atoms with E-state index in [4.69, 9.17) is 9.72 Å². The Hall–Kier alpha value is -3.71. The van der Waals surface area contributed by atoms with Gasteiger partial charge in [-0.2, -0.15) is 0 Å². The van der Waals surface area contributed by atoms with Gasteiger partial charge < -0.3 is 15.4 Å². The van der Waals surface area contributed by atoms with Crippen molar-refractivity contribution in [1.82, 2.24) is 4.98 Å². The molecule has 1 atom stereocenters. The molecule has 1 aliphatic heterocycles. The molecule has 0 saturated carbocycles. The van der Waals surface area contributed by atoms with Gasteiger partial charge in [-0.15, -0.1) is 11.3 Å². The number of nitrogens with one attached hydrogen (secondary N) is 2. The van der Waals surface area contributed by atoms with Gasteiger partial charge in [-0.1, -0.05) is 12.1 Å². The second kappa shape index (κ2) is 7.52. The van der Waals surface area contributed by atoms with Crippen molar-refractivity contribution in [2.45, 2.75) is 20.0 Å². The van der Waals surface area contributed by atoms with Crippen molar-refractivity contribution in [2.75, 3.05) is 10.6 Å². The second-order valence-corrected chi connectivity index (χ2v) is 8.48. The van der Waals surface area contributed by atoms with Crippen LogP contribution < -0.4 is 15.4 Å². The van der Waals surface area contributed by atoms with Gasteiger partial charge in [0.15, 0.2) is 11.9 Å². The van der Waals surface area contributed by atoms with Crippen LogP contribution in [-0.4, -0.2) is 22.9 Å². The minimum absolute atomic E-state index is 0.231. The fourth-order valence-electron chi connectivity index (χ4n) is 3.46. The zero-order chi connectivity index (χ0) is 21.5. The smallest absolute Gasteiger partial charge is 0.265 e. The van der Waals surface area contributed by atoms with Crippen molar-refractivity contribution in [2.24, 2.45) is 0 Å². The first kappa shape index (κ1) is 19.3. The summed E-state index contributed by atoms with van der Waals surface area (Å²) < 4.78 is 6.82. The van der Waals surface area contributed by atoms with E-state index in [1.54, 1.807) is 36.5 Å². The normalized spacial score (nSPS) is 15.2. The topological polar surface area (TPSA) is 80.3 Å². The highest BCUT2D eigenvalue weighted by atomic mass is 32.1. The molecule has 0 spiro atoms. The number of hydrogen-bond donors (Lipinski definition) is 2. The van der Waals surface area contributed by atoms with E-state index >= 15 is 0 Å². The quantitative estimate of drug-likeness (QED) is 0.467. The van der Waals surface area contributed by atoms with Crippen molar-refractivity contribution < 1.29 is 14.3 Å². The van der Waals surface area contributed by atoms with Crippen LogP contribution in [0.1, 0.15) is 22.8 Å². The van der Waals surface area contributed by atoms with Gasteiger partial charge in [-0.25, -0.2) is 4.98 Å². The molecule has 31 heavy (non-hydrogen) atoms. The third kappa shape index (κ3) is 3.64. The number of aromatic nitrogens is 1. The highest BCUT2D eigenvalue weighted by Gasteiger charge is 2.27. The molecule has 5 rings (SSSR count). The van der Waals surface area contributed by atoms with Crippen molar-refractivity contribution in [3.63, 3.8) is 0 Å². The monoisotopic (exact) mass is 429 g/mol. The molecule has 2 N–H and O–H groups in total. The summed E-state index contributed by atoms with van der Waals surface area (Å²) in [4.78, 5) is 29.4. The Morgan fingerprint density at radius 1 is 1.13 bits per heavy atom. The Kier molecular flexibility index (Phi) is 4.67. The molecule has 2 amide bonds. The number of nitrogens with zero attached hydrogens (tertiary/aromatic N) is 1. The number of ether oxygens (including phenoxy) is 1. The number of rotatable bonds is 3. The van der Waals surface area contributed by atoms with E-state index < -0.39 is 6.10 Å². The number of amides is 2. The number of hydrogen-bond acceptors (Lipinski definition) is 5. The van der Waals surface area contributed by atoms with Gasteiger partial charge in [-0.05, 0) is 67.9 Å². The van der Waals surface area contributed by atoms with Crippen molar-refractivity contribution in [3.8, 4) is 16.3 Å². The second-order valence-electron chi connectivity index (χ2n) is 7.45. The van der Waals surface area contributed by atoms with Crippen LogP contribution >= 0.6 is 11.3 Å². The lowest BCUT2D eigenvalue weighted by Gasteiger charge is -2.25. The van der Waals surface area contributed by atoms with Crippen LogP contribution in [0.25, 0.3) is 20.8 Å². The summed E-state index contributed by atoms with van der Waals surface area (Å²) in [6, 6.07) is 18.9. The summed E-state index contributed by atoms with van der Waals surface area (Å²) in [6.45, 7) is 3.72. The molecule has 4 aromatic rings. The summed E-state index contributed by atoms with van der Waals surface area (Å²) >= 11 is 1.65. The first-order chi connectivity index (χ1) is 15.0. The average molecular weight is 430 g/mol. The van der Waals surface area contributed by atoms with E-state index in [1.165, 1.54) is 5.56 Å². The van der Waals surface area contributed by atoms with Gasteiger partial charge in [0.1, 0.15) is 5.01 Å². The summed E-state index contributed by atoms with van der Waals surface area (Å²) in [5.74, 6) is -0.150. The summed E-state index contributed by atoms with van der Waals surface area (Å²) in [5.41, 5.74) is 4.72. The first-order valence-corrected chi connectivity index (χ1v) is 10.7. The number of thiazole rings is 1. The van der Waals surface area contributed by atoms with Gasteiger partial charge >= 0.3 is 0 Å². The zero-order valence-corrected chi connectivity index (χ0v) is 17.7. The van der Waals surface area contributed by atoms with Crippen LogP contribution in [0.4, 0.5) is 11.4 Å². The summed E-state index contributed by atoms with van der Waals surface area (Å²) in [6.07, 6.45) is -0.654. The maximum atomic E-state index is 12.9. The maximum Gasteiger partial charge on any atom is 0.265 e. The average Bonchev–Trinajstić information content (AvgIpc) is 3.18. The van der Waals surface area contributed by atoms with Gasteiger partial charge in [0.05, 0.1) is 21.5 Å². The summed E-state index contributed by atoms with van der Waals surface area (Å²) in [5, 5.41) is 6.60. The van der Waals surface area contributed by atoms with Crippen LogP contribution in [0.2, 0.25) is 0 Å². The predicted molar refractivity (Wildman–Crippen MR) is 123 cm³/mol. The third-order valence-electron chi connectivity index (χ3n) is 5.12. The van der Waals surface area contributed by atoms with Crippen molar-refractivity contribution >= 4 is 44.7 Å². The largest absolute Gasteiger partial charge is 0.478 e. The minimum Gasteiger partial charge on any atom is -0.478 e.